The molecule has 3 aromatic rings. The molecule has 1 amide bonds. The number of aliphatic hydroxyl groups is 1. The average molecular weight is 338 g/mol. The normalized spacial score (nSPS) is 19.2. The molecule has 25 heavy (non-hydrogen) atoms. The van der Waals surface area contributed by atoms with Crippen LogP contribution in [-0.4, -0.2) is 31.9 Å². The lowest BCUT2D eigenvalue weighted by Gasteiger charge is -2.18. The molecule has 0 radical (unpaired) electrons. The lowest BCUT2D eigenvalue weighted by Crippen LogP contribution is -2.34. The quantitative estimate of drug-likeness (QED) is 0.648. The zero-order valence-corrected chi connectivity index (χ0v) is 13.9. The van der Waals surface area contributed by atoms with E-state index in [2.05, 4.69) is 15.4 Å². The number of amides is 1. The zero-order chi connectivity index (χ0) is 17.7. The van der Waals surface area contributed by atoms with Crippen LogP contribution in [0.3, 0.4) is 0 Å². The average Bonchev–Trinajstić information content (AvgIpc) is 3.04. The highest BCUT2D eigenvalue weighted by molar-refractivity contribution is 6.05. The molecule has 2 aromatic heterocycles. The summed E-state index contributed by atoms with van der Waals surface area (Å²) in [7, 11) is 1.68. The van der Waals surface area contributed by atoms with Crippen LogP contribution in [-0.2, 0) is 13.5 Å². The second kappa shape index (κ2) is 5.56. The molecule has 1 aromatic carbocycles. The van der Waals surface area contributed by atoms with Crippen molar-refractivity contribution in [3.05, 3.63) is 63.1 Å². The largest absolute Gasteiger partial charge is 0.390 e. The van der Waals surface area contributed by atoms with Crippen molar-refractivity contribution in [2.45, 2.75) is 25.5 Å². The molecule has 0 fully saturated rings. The second-order valence-electron chi connectivity index (χ2n) is 6.43. The lowest BCUT2D eigenvalue weighted by atomic mass is 10.1. The number of fused-ring (bicyclic) bond motifs is 2. The van der Waals surface area contributed by atoms with Crippen LogP contribution in [0.2, 0.25) is 0 Å². The SMILES string of the molecule is Cc1cc(C(=O)NC2c3ccccc3CC2O)c2c(=O)[nH]n(C)c2n1. The van der Waals surface area contributed by atoms with Gasteiger partial charge in [0, 0.05) is 19.2 Å². The number of carbonyl (C=O) groups is 1. The Kier molecular flexibility index (Phi) is 3.47. The van der Waals surface area contributed by atoms with Crippen molar-refractivity contribution in [3.8, 4) is 0 Å². The number of pyridine rings is 1. The van der Waals surface area contributed by atoms with Gasteiger partial charge in [0.2, 0.25) is 0 Å². The minimum atomic E-state index is -0.686. The number of aryl methyl sites for hydroxylation is 2. The minimum Gasteiger partial charge on any atom is -0.390 e. The van der Waals surface area contributed by atoms with Crippen molar-refractivity contribution in [3.63, 3.8) is 0 Å². The van der Waals surface area contributed by atoms with Gasteiger partial charge in [-0.15, -0.1) is 0 Å². The number of nitrogens with one attached hydrogen (secondary N) is 2. The molecule has 0 bridgehead atoms. The molecule has 128 valence electrons. The van der Waals surface area contributed by atoms with Crippen molar-refractivity contribution < 1.29 is 9.90 Å². The van der Waals surface area contributed by atoms with Gasteiger partial charge in [-0.3, -0.25) is 19.4 Å². The third-order valence-electron chi connectivity index (χ3n) is 4.68. The number of aliphatic hydroxyl groups excluding tert-OH is 1. The predicted molar refractivity (Wildman–Crippen MR) is 92.4 cm³/mol. The van der Waals surface area contributed by atoms with Gasteiger partial charge in [-0.1, -0.05) is 24.3 Å². The molecule has 1 aliphatic carbocycles. The van der Waals surface area contributed by atoms with E-state index in [1.165, 1.54) is 4.68 Å². The van der Waals surface area contributed by atoms with Crippen LogP contribution >= 0.6 is 0 Å². The van der Waals surface area contributed by atoms with Crippen LogP contribution in [0.4, 0.5) is 0 Å². The van der Waals surface area contributed by atoms with Crippen molar-refractivity contribution in [2.24, 2.45) is 7.05 Å². The number of aromatic amines is 1. The van der Waals surface area contributed by atoms with Gasteiger partial charge in [-0.05, 0) is 24.1 Å². The van der Waals surface area contributed by atoms with Gasteiger partial charge >= 0.3 is 0 Å². The lowest BCUT2D eigenvalue weighted by molar-refractivity contribution is 0.0859. The molecule has 0 saturated heterocycles. The first kappa shape index (κ1) is 15.6. The number of nitrogens with zero attached hydrogens (tertiary/aromatic N) is 2. The summed E-state index contributed by atoms with van der Waals surface area (Å²) in [5, 5.41) is 16.1. The third kappa shape index (κ3) is 2.44. The fraction of sp³-hybridized carbons (Fsp3) is 0.278. The number of hydrogen-bond acceptors (Lipinski definition) is 4. The maximum Gasteiger partial charge on any atom is 0.274 e. The molecule has 1 aliphatic rings. The van der Waals surface area contributed by atoms with E-state index in [0.29, 0.717) is 17.8 Å². The van der Waals surface area contributed by atoms with E-state index in [1.54, 1.807) is 20.0 Å². The Hall–Kier alpha value is -2.93. The first-order valence-corrected chi connectivity index (χ1v) is 8.09. The maximum atomic E-state index is 12.9. The van der Waals surface area contributed by atoms with E-state index in [1.807, 2.05) is 24.3 Å². The Morgan fingerprint density at radius 2 is 2.16 bits per heavy atom. The van der Waals surface area contributed by atoms with E-state index < -0.39 is 18.1 Å². The molecule has 2 atom stereocenters. The number of carbonyl (C=O) groups excluding carboxylic acids is 1. The van der Waals surface area contributed by atoms with Gasteiger partial charge < -0.3 is 10.4 Å². The summed E-state index contributed by atoms with van der Waals surface area (Å²) in [5.41, 5.74) is 2.91. The number of aromatic nitrogens is 3. The Labute approximate surface area is 143 Å². The summed E-state index contributed by atoms with van der Waals surface area (Å²) < 4.78 is 1.50. The number of benzene rings is 1. The van der Waals surface area contributed by atoms with Gasteiger partial charge in [0.15, 0.2) is 5.65 Å². The van der Waals surface area contributed by atoms with E-state index in [9.17, 15) is 14.7 Å². The summed E-state index contributed by atoms with van der Waals surface area (Å²) in [6.07, 6.45) is -0.188. The van der Waals surface area contributed by atoms with Crippen molar-refractivity contribution in [1.82, 2.24) is 20.1 Å². The van der Waals surface area contributed by atoms with Crippen LogP contribution < -0.4 is 10.9 Å². The summed E-state index contributed by atoms with van der Waals surface area (Å²) in [6, 6.07) is 8.75. The molecule has 0 saturated carbocycles. The van der Waals surface area contributed by atoms with E-state index in [0.717, 1.165) is 11.1 Å². The van der Waals surface area contributed by atoms with E-state index >= 15 is 0 Å². The number of rotatable bonds is 2. The van der Waals surface area contributed by atoms with Crippen molar-refractivity contribution >= 4 is 16.9 Å². The molecular weight excluding hydrogens is 320 g/mol. The van der Waals surface area contributed by atoms with E-state index in [4.69, 9.17) is 0 Å². The Morgan fingerprint density at radius 3 is 2.96 bits per heavy atom. The summed E-state index contributed by atoms with van der Waals surface area (Å²) in [5.74, 6) is -0.395. The molecule has 4 rings (SSSR count). The fourth-order valence-corrected chi connectivity index (χ4v) is 3.53. The van der Waals surface area contributed by atoms with Crippen molar-refractivity contribution in [2.75, 3.05) is 0 Å². The molecule has 7 nitrogen and oxygen atoms in total. The van der Waals surface area contributed by atoms with Gasteiger partial charge in [-0.25, -0.2) is 4.98 Å². The molecule has 2 heterocycles. The van der Waals surface area contributed by atoms with Crippen LogP contribution in [0.25, 0.3) is 11.0 Å². The predicted octanol–water partition coefficient (Wildman–Crippen LogP) is 0.958. The van der Waals surface area contributed by atoms with Gasteiger partial charge in [0.1, 0.15) is 0 Å². The summed E-state index contributed by atoms with van der Waals surface area (Å²) >= 11 is 0. The molecule has 2 unspecified atom stereocenters. The third-order valence-corrected chi connectivity index (χ3v) is 4.68. The van der Waals surface area contributed by atoms with Crippen LogP contribution in [0.1, 0.15) is 33.2 Å². The maximum absolute atomic E-state index is 12.9. The van der Waals surface area contributed by atoms with Gasteiger partial charge in [-0.2, -0.15) is 0 Å². The van der Waals surface area contributed by atoms with Crippen LogP contribution in [0.15, 0.2) is 35.1 Å². The smallest absolute Gasteiger partial charge is 0.274 e. The highest BCUT2D eigenvalue weighted by atomic mass is 16.3. The molecule has 3 N–H and O–H groups in total. The highest BCUT2D eigenvalue weighted by Crippen LogP contribution is 2.31. The van der Waals surface area contributed by atoms with E-state index in [-0.39, 0.29) is 16.5 Å². The van der Waals surface area contributed by atoms with Crippen LogP contribution in [0.5, 0.6) is 0 Å². The molecule has 0 spiro atoms. The fourth-order valence-electron chi connectivity index (χ4n) is 3.53. The molecule has 0 aliphatic heterocycles. The van der Waals surface area contributed by atoms with Gasteiger partial charge in [0.05, 0.1) is 23.1 Å². The first-order valence-electron chi connectivity index (χ1n) is 8.09. The Bertz CT molecular complexity index is 1050. The summed E-state index contributed by atoms with van der Waals surface area (Å²) in [4.78, 5) is 29.4. The Morgan fingerprint density at radius 1 is 1.40 bits per heavy atom. The highest BCUT2D eigenvalue weighted by Gasteiger charge is 2.32. The minimum absolute atomic E-state index is 0.256. The standard InChI is InChI=1S/C18H18N4O3/c1-9-7-12(14-16(19-9)22(2)21-18(14)25)17(24)20-15-11-6-4-3-5-10(11)8-13(15)23/h3-7,13,15,23H,8H2,1-2H3,(H,20,24)(H,21,25). The molecular formula is C18H18N4O3. The van der Waals surface area contributed by atoms with Crippen LogP contribution in [0, 0.1) is 6.92 Å². The zero-order valence-electron chi connectivity index (χ0n) is 13.9. The van der Waals surface area contributed by atoms with Crippen molar-refractivity contribution in [1.29, 1.82) is 0 Å². The van der Waals surface area contributed by atoms with Gasteiger partial charge in [0.25, 0.3) is 11.5 Å². The number of hydrogen-bond donors (Lipinski definition) is 3. The monoisotopic (exact) mass is 338 g/mol. The summed E-state index contributed by atoms with van der Waals surface area (Å²) in [6.45, 7) is 1.77. The first-order chi connectivity index (χ1) is 12.0. The topological polar surface area (TPSA) is 100 Å². The Balaban J connectivity index is 1.76. The molecule has 7 heteroatoms. The second-order valence-corrected chi connectivity index (χ2v) is 6.43. The number of H-pyrrole nitrogens is 1.